The summed E-state index contributed by atoms with van der Waals surface area (Å²) in [5.74, 6) is 2.66. The van der Waals surface area contributed by atoms with Gasteiger partial charge in [0, 0.05) is 50.1 Å². The molecule has 2 unspecified atom stereocenters. The Bertz CT molecular complexity index is 785. The summed E-state index contributed by atoms with van der Waals surface area (Å²) in [7, 11) is 0. The molecular weight excluding hydrogens is 378 g/mol. The first-order chi connectivity index (χ1) is 14.6. The monoisotopic (exact) mass is 413 g/mol. The van der Waals surface area contributed by atoms with E-state index in [4.69, 9.17) is 14.5 Å². The van der Waals surface area contributed by atoms with Gasteiger partial charge in [0.25, 0.3) is 0 Å². The number of hydrogen-bond donors (Lipinski definition) is 2. The molecule has 164 valence electrons. The molecule has 3 rings (SSSR count). The maximum atomic E-state index is 6.15. The van der Waals surface area contributed by atoms with Gasteiger partial charge in [0.05, 0.1) is 19.8 Å². The zero-order valence-electron chi connectivity index (χ0n) is 18.4. The summed E-state index contributed by atoms with van der Waals surface area (Å²) in [5.41, 5.74) is 2.29. The number of nitrogens with one attached hydrogen (secondary N) is 2. The Kier molecular flexibility index (Phi) is 8.56. The van der Waals surface area contributed by atoms with Gasteiger partial charge >= 0.3 is 0 Å². The van der Waals surface area contributed by atoms with Crippen molar-refractivity contribution in [3.05, 3.63) is 47.8 Å². The lowest BCUT2D eigenvalue weighted by Crippen LogP contribution is -2.40. The average Bonchev–Trinajstić information content (AvgIpc) is 3.43. The molecule has 2 heterocycles. The van der Waals surface area contributed by atoms with E-state index in [0.29, 0.717) is 25.0 Å². The summed E-state index contributed by atoms with van der Waals surface area (Å²) in [6.07, 6.45) is 4.88. The third-order valence-electron chi connectivity index (χ3n) is 5.15. The Labute approximate surface area is 179 Å². The maximum absolute atomic E-state index is 6.15. The number of guanidine groups is 1. The van der Waals surface area contributed by atoms with E-state index in [0.717, 1.165) is 56.5 Å². The van der Waals surface area contributed by atoms with Crippen LogP contribution in [0.1, 0.15) is 31.4 Å². The van der Waals surface area contributed by atoms with Crippen LogP contribution in [-0.2, 0) is 17.8 Å². The first-order valence-electron chi connectivity index (χ1n) is 10.9. The highest BCUT2D eigenvalue weighted by molar-refractivity contribution is 5.79. The van der Waals surface area contributed by atoms with Crippen LogP contribution >= 0.6 is 0 Å². The molecule has 0 spiro atoms. The molecule has 7 nitrogen and oxygen atoms in total. The van der Waals surface area contributed by atoms with Crippen molar-refractivity contribution < 1.29 is 9.47 Å². The maximum Gasteiger partial charge on any atom is 0.191 e. The molecule has 7 heteroatoms. The number of rotatable bonds is 10. The first kappa shape index (κ1) is 22.2. The van der Waals surface area contributed by atoms with Crippen LogP contribution in [-0.4, -0.2) is 48.7 Å². The van der Waals surface area contributed by atoms with Crippen molar-refractivity contribution in [1.29, 1.82) is 0 Å². The molecule has 1 aromatic carbocycles. The van der Waals surface area contributed by atoms with Gasteiger partial charge in [0.1, 0.15) is 5.75 Å². The zero-order chi connectivity index (χ0) is 21.2. The Morgan fingerprint density at radius 3 is 3.03 bits per heavy atom. The fourth-order valence-electron chi connectivity index (χ4n) is 3.42. The highest BCUT2D eigenvalue weighted by atomic mass is 16.5. The van der Waals surface area contributed by atoms with Gasteiger partial charge in [-0.3, -0.25) is 4.68 Å². The van der Waals surface area contributed by atoms with Crippen LogP contribution in [0.4, 0.5) is 0 Å². The molecule has 2 N–H and O–H groups in total. The van der Waals surface area contributed by atoms with Crippen LogP contribution in [0.5, 0.6) is 5.75 Å². The van der Waals surface area contributed by atoms with E-state index >= 15 is 0 Å². The molecular formula is C23H35N5O2. The predicted molar refractivity (Wildman–Crippen MR) is 120 cm³/mol. The second-order valence-corrected chi connectivity index (χ2v) is 8.06. The van der Waals surface area contributed by atoms with E-state index in [2.05, 4.69) is 54.7 Å². The first-order valence-corrected chi connectivity index (χ1v) is 10.9. The van der Waals surface area contributed by atoms with Crippen LogP contribution in [0.3, 0.4) is 0 Å². The SMILES string of the molecule is CCNC(=NCc1ccc(C)cc1OCC1CCOC1)NCC(C)Cn1cccn1. The van der Waals surface area contributed by atoms with Crippen LogP contribution in [0, 0.1) is 18.8 Å². The smallest absolute Gasteiger partial charge is 0.191 e. The summed E-state index contributed by atoms with van der Waals surface area (Å²) in [5, 5.41) is 11.1. The predicted octanol–water partition coefficient (Wildman–Crippen LogP) is 3.00. The van der Waals surface area contributed by atoms with Crippen LogP contribution < -0.4 is 15.4 Å². The molecule has 30 heavy (non-hydrogen) atoms. The second-order valence-electron chi connectivity index (χ2n) is 8.06. The summed E-state index contributed by atoms with van der Waals surface area (Å²) in [4.78, 5) is 4.79. The number of nitrogens with zero attached hydrogens (tertiary/aromatic N) is 3. The fraction of sp³-hybridized carbons (Fsp3) is 0.565. The number of aliphatic imine (C=N–C) groups is 1. The molecule has 2 atom stereocenters. The summed E-state index contributed by atoms with van der Waals surface area (Å²) in [6, 6.07) is 8.28. The van der Waals surface area contributed by atoms with Gasteiger partial charge < -0.3 is 20.1 Å². The quantitative estimate of drug-likeness (QED) is 0.463. The Morgan fingerprint density at radius 1 is 1.40 bits per heavy atom. The van der Waals surface area contributed by atoms with E-state index in [9.17, 15) is 0 Å². The molecule has 0 saturated carbocycles. The van der Waals surface area contributed by atoms with Crippen LogP contribution in [0.2, 0.25) is 0 Å². The number of ether oxygens (including phenoxy) is 2. The van der Waals surface area contributed by atoms with Gasteiger partial charge in [-0.1, -0.05) is 19.1 Å². The van der Waals surface area contributed by atoms with Crippen LogP contribution in [0.25, 0.3) is 0 Å². The summed E-state index contributed by atoms with van der Waals surface area (Å²) < 4.78 is 13.6. The van der Waals surface area contributed by atoms with Crippen molar-refractivity contribution in [2.75, 3.05) is 32.9 Å². The van der Waals surface area contributed by atoms with Crippen molar-refractivity contribution in [3.8, 4) is 5.75 Å². The normalized spacial score (nSPS) is 17.7. The van der Waals surface area contributed by atoms with E-state index in [-0.39, 0.29) is 0 Å². The lowest BCUT2D eigenvalue weighted by Gasteiger charge is -2.17. The van der Waals surface area contributed by atoms with Gasteiger partial charge in [-0.25, -0.2) is 4.99 Å². The molecule has 1 saturated heterocycles. The number of benzene rings is 1. The van der Waals surface area contributed by atoms with E-state index in [1.54, 1.807) is 0 Å². The lowest BCUT2D eigenvalue weighted by atomic mass is 10.1. The van der Waals surface area contributed by atoms with Crippen LogP contribution in [0.15, 0.2) is 41.7 Å². The molecule has 1 aliphatic rings. The molecule has 0 aliphatic carbocycles. The highest BCUT2D eigenvalue weighted by Crippen LogP contribution is 2.23. The van der Waals surface area contributed by atoms with Crippen molar-refractivity contribution in [2.24, 2.45) is 16.8 Å². The van der Waals surface area contributed by atoms with Crippen molar-refractivity contribution >= 4 is 5.96 Å². The van der Waals surface area contributed by atoms with Gasteiger partial charge in [-0.05, 0) is 43.9 Å². The Balaban J connectivity index is 1.57. The van der Waals surface area contributed by atoms with E-state index in [1.807, 2.05) is 23.1 Å². The highest BCUT2D eigenvalue weighted by Gasteiger charge is 2.17. The minimum absolute atomic E-state index is 0.431. The number of aryl methyl sites for hydroxylation is 1. The van der Waals surface area contributed by atoms with Gasteiger partial charge in [-0.15, -0.1) is 0 Å². The molecule has 1 fully saturated rings. The molecule has 2 aromatic rings. The van der Waals surface area contributed by atoms with Crippen molar-refractivity contribution in [1.82, 2.24) is 20.4 Å². The van der Waals surface area contributed by atoms with E-state index < -0.39 is 0 Å². The fourth-order valence-corrected chi connectivity index (χ4v) is 3.42. The standard InChI is InChI=1S/C23H35N5O2/c1-4-24-23(25-13-19(3)15-28-10-5-9-27-28)26-14-21-7-6-18(2)12-22(21)30-17-20-8-11-29-16-20/h5-7,9-10,12,19-20H,4,8,11,13-17H2,1-3H3,(H2,24,25,26). The van der Waals surface area contributed by atoms with Crippen molar-refractivity contribution in [2.45, 2.75) is 40.3 Å². The van der Waals surface area contributed by atoms with Crippen molar-refractivity contribution in [3.63, 3.8) is 0 Å². The largest absolute Gasteiger partial charge is 0.493 e. The Hall–Kier alpha value is -2.54. The topological polar surface area (TPSA) is 72.7 Å². The van der Waals surface area contributed by atoms with Gasteiger partial charge in [0.15, 0.2) is 5.96 Å². The zero-order valence-corrected chi connectivity index (χ0v) is 18.4. The summed E-state index contributed by atoms with van der Waals surface area (Å²) in [6.45, 7) is 11.8. The molecule has 0 radical (unpaired) electrons. The second kappa shape index (κ2) is 11.6. The average molecular weight is 414 g/mol. The third kappa shape index (κ3) is 7.06. The summed E-state index contributed by atoms with van der Waals surface area (Å²) >= 11 is 0. The van der Waals surface area contributed by atoms with Gasteiger partial charge in [-0.2, -0.15) is 5.10 Å². The number of aromatic nitrogens is 2. The molecule has 0 bridgehead atoms. The molecule has 1 aliphatic heterocycles. The van der Waals surface area contributed by atoms with Gasteiger partial charge in [0.2, 0.25) is 0 Å². The third-order valence-corrected chi connectivity index (χ3v) is 5.15. The molecule has 0 amide bonds. The van der Waals surface area contributed by atoms with E-state index in [1.165, 1.54) is 5.56 Å². The Morgan fingerprint density at radius 2 is 2.30 bits per heavy atom. The number of hydrogen-bond acceptors (Lipinski definition) is 4. The molecule has 1 aromatic heterocycles. The minimum atomic E-state index is 0.431. The minimum Gasteiger partial charge on any atom is -0.493 e. The lowest BCUT2D eigenvalue weighted by molar-refractivity contribution is 0.166.